The lowest BCUT2D eigenvalue weighted by atomic mass is 10.2. The molecule has 2 heteroatoms. The van der Waals surface area contributed by atoms with E-state index in [-0.39, 0.29) is 0 Å². The van der Waals surface area contributed by atoms with Crippen LogP contribution in [0.2, 0.25) is 0 Å². The van der Waals surface area contributed by atoms with Crippen LogP contribution in [0.3, 0.4) is 0 Å². The summed E-state index contributed by atoms with van der Waals surface area (Å²) in [5.74, 6) is 0. The zero-order chi connectivity index (χ0) is 9.23. The van der Waals surface area contributed by atoms with Crippen LogP contribution < -0.4 is 5.32 Å². The molecule has 1 unspecified atom stereocenters. The van der Waals surface area contributed by atoms with E-state index in [4.69, 9.17) is 4.74 Å². The maximum atomic E-state index is 5.51. The maximum Gasteiger partial charge on any atom is 0.0650 e. The van der Waals surface area contributed by atoms with Crippen molar-refractivity contribution in [3.8, 4) is 0 Å². The molecular formula is C10H21NO. The molecule has 1 N–H and O–H groups in total. The topological polar surface area (TPSA) is 21.3 Å². The second kappa shape index (κ2) is 8.75. The van der Waals surface area contributed by atoms with E-state index in [1.54, 1.807) is 0 Å². The molecule has 0 aliphatic rings. The lowest BCUT2D eigenvalue weighted by Crippen LogP contribution is -2.13. The van der Waals surface area contributed by atoms with Crippen molar-refractivity contribution in [2.45, 2.75) is 32.8 Å². The Morgan fingerprint density at radius 3 is 2.83 bits per heavy atom. The fourth-order valence-electron chi connectivity index (χ4n) is 0.966. The van der Waals surface area contributed by atoms with Gasteiger partial charge in [-0.2, -0.15) is 0 Å². The van der Waals surface area contributed by atoms with E-state index in [2.05, 4.69) is 12.2 Å². The molecule has 0 aromatic heterocycles. The fourth-order valence-corrected chi connectivity index (χ4v) is 0.966. The van der Waals surface area contributed by atoms with Gasteiger partial charge < -0.3 is 10.1 Å². The maximum absolute atomic E-state index is 5.51. The van der Waals surface area contributed by atoms with Gasteiger partial charge in [0, 0.05) is 0 Å². The van der Waals surface area contributed by atoms with E-state index < -0.39 is 0 Å². The number of hydrogen-bond donors (Lipinski definition) is 1. The summed E-state index contributed by atoms with van der Waals surface area (Å²) in [6, 6.07) is 0. The van der Waals surface area contributed by atoms with Crippen molar-refractivity contribution in [3.63, 3.8) is 0 Å². The van der Waals surface area contributed by atoms with Gasteiger partial charge in [-0.3, -0.25) is 0 Å². The van der Waals surface area contributed by atoms with E-state index in [1.807, 2.05) is 26.1 Å². The van der Waals surface area contributed by atoms with E-state index in [0.717, 1.165) is 19.6 Å². The van der Waals surface area contributed by atoms with Crippen LogP contribution >= 0.6 is 0 Å². The van der Waals surface area contributed by atoms with Gasteiger partial charge in [-0.15, -0.1) is 0 Å². The highest BCUT2D eigenvalue weighted by Crippen LogP contribution is 2.00. The first-order valence-electron chi connectivity index (χ1n) is 4.68. The van der Waals surface area contributed by atoms with Gasteiger partial charge in [0.1, 0.15) is 0 Å². The van der Waals surface area contributed by atoms with Crippen molar-refractivity contribution in [1.29, 1.82) is 0 Å². The van der Waals surface area contributed by atoms with Crippen LogP contribution in [-0.4, -0.2) is 26.3 Å². The molecule has 12 heavy (non-hydrogen) atoms. The van der Waals surface area contributed by atoms with Crippen LogP contribution in [0.25, 0.3) is 0 Å². The number of ether oxygens (including phenoxy) is 1. The predicted molar refractivity (Wildman–Crippen MR) is 53.4 cm³/mol. The van der Waals surface area contributed by atoms with Crippen molar-refractivity contribution in [2.75, 3.05) is 20.2 Å². The van der Waals surface area contributed by atoms with Gasteiger partial charge in [0.25, 0.3) is 0 Å². The standard InChI is InChI=1S/C10H21NO/c1-4-5-9-12-10(2)7-6-8-11-3/h4-5,10-11H,6-9H2,1-3H3. The summed E-state index contributed by atoms with van der Waals surface area (Å²) in [4.78, 5) is 0. The minimum absolute atomic E-state index is 0.384. The normalized spacial score (nSPS) is 13.9. The zero-order valence-electron chi connectivity index (χ0n) is 8.47. The smallest absolute Gasteiger partial charge is 0.0650 e. The molecule has 0 aliphatic heterocycles. The van der Waals surface area contributed by atoms with Gasteiger partial charge in [0.15, 0.2) is 0 Å². The van der Waals surface area contributed by atoms with E-state index in [1.165, 1.54) is 6.42 Å². The summed E-state index contributed by atoms with van der Waals surface area (Å²) in [5.41, 5.74) is 0. The Balaban J connectivity index is 3.15. The second-order valence-corrected chi connectivity index (χ2v) is 2.96. The van der Waals surface area contributed by atoms with E-state index in [9.17, 15) is 0 Å². The third kappa shape index (κ3) is 7.76. The first kappa shape index (κ1) is 11.7. The minimum Gasteiger partial charge on any atom is -0.374 e. The quantitative estimate of drug-likeness (QED) is 0.467. The summed E-state index contributed by atoms with van der Waals surface area (Å²) in [6.07, 6.45) is 6.76. The van der Waals surface area contributed by atoms with Gasteiger partial charge in [0.05, 0.1) is 12.7 Å². The van der Waals surface area contributed by atoms with Crippen molar-refractivity contribution < 1.29 is 4.74 Å². The van der Waals surface area contributed by atoms with E-state index in [0.29, 0.717) is 6.10 Å². The number of nitrogens with one attached hydrogen (secondary N) is 1. The molecule has 0 saturated carbocycles. The monoisotopic (exact) mass is 171 g/mol. The van der Waals surface area contributed by atoms with Crippen LogP contribution in [-0.2, 0) is 4.74 Å². The van der Waals surface area contributed by atoms with E-state index >= 15 is 0 Å². The molecule has 0 spiro atoms. The molecule has 0 aromatic carbocycles. The highest BCUT2D eigenvalue weighted by Gasteiger charge is 1.98. The molecule has 0 fully saturated rings. The average Bonchev–Trinajstić information content (AvgIpc) is 2.06. The van der Waals surface area contributed by atoms with Crippen molar-refractivity contribution in [3.05, 3.63) is 12.2 Å². The summed E-state index contributed by atoms with van der Waals surface area (Å²) in [6.45, 7) is 5.96. The Labute approximate surface area is 76.0 Å². The van der Waals surface area contributed by atoms with Crippen molar-refractivity contribution >= 4 is 0 Å². The van der Waals surface area contributed by atoms with Gasteiger partial charge in [0.2, 0.25) is 0 Å². The summed E-state index contributed by atoms with van der Waals surface area (Å²) >= 11 is 0. The highest BCUT2D eigenvalue weighted by molar-refractivity contribution is 4.76. The molecule has 0 radical (unpaired) electrons. The molecule has 0 bridgehead atoms. The Bertz CT molecular complexity index is 112. The molecule has 0 heterocycles. The van der Waals surface area contributed by atoms with Crippen LogP contribution in [0.4, 0.5) is 0 Å². The SMILES string of the molecule is CC=CCOC(C)CCCNC. The minimum atomic E-state index is 0.384. The summed E-state index contributed by atoms with van der Waals surface area (Å²) in [7, 11) is 1.98. The Morgan fingerprint density at radius 1 is 1.50 bits per heavy atom. The second-order valence-electron chi connectivity index (χ2n) is 2.96. The van der Waals surface area contributed by atoms with Crippen LogP contribution in [0.15, 0.2) is 12.2 Å². The van der Waals surface area contributed by atoms with Crippen molar-refractivity contribution in [1.82, 2.24) is 5.32 Å². The molecule has 2 nitrogen and oxygen atoms in total. The summed E-state index contributed by atoms with van der Waals surface area (Å²) < 4.78 is 5.51. The van der Waals surface area contributed by atoms with Crippen molar-refractivity contribution in [2.24, 2.45) is 0 Å². The number of rotatable bonds is 7. The van der Waals surface area contributed by atoms with Gasteiger partial charge in [-0.05, 0) is 40.3 Å². The van der Waals surface area contributed by atoms with Gasteiger partial charge >= 0.3 is 0 Å². The van der Waals surface area contributed by atoms with Crippen LogP contribution in [0, 0.1) is 0 Å². The zero-order valence-corrected chi connectivity index (χ0v) is 8.47. The van der Waals surface area contributed by atoms with Crippen LogP contribution in [0.1, 0.15) is 26.7 Å². The Hall–Kier alpha value is -0.340. The molecule has 0 rings (SSSR count). The Kier molecular flexibility index (Phi) is 8.51. The number of hydrogen-bond acceptors (Lipinski definition) is 2. The lowest BCUT2D eigenvalue weighted by molar-refractivity contribution is 0.0804. The van der Waals surface area contributed by atoms with Crippen LogP contribution in [0.5, 0.6) is 0 Å². The van der Waals surface area contributed by atoms with Gasteiger partial charge in [-0.25, -0.2) is 0 Å². The first-order valence-corrected chi connectivity index (χ1v) is 4.68. The predicted octanol–water partition coefficient (Wildman–Crippen LogP) is 1.97. The average molecular weight is 171 g/mol. The molecule has 0 amide bonds. The highest BCUT2D eigenvalue weighted by atomic mass is 16.5. The molecule has 72 valence electrons. The Morgan fingerprint density at radius 2 is 2.25 bits per heavy atom. The lowest BCUT2D eigenvalue weighted by Gasteiger charge is -2.10. The third-order valence-electron chi connectivity index (χ3n) is 1.75. The first-order chi connectivity index (χ1) is 5.81. The molecular weight excluding hydrogens is 150 g/mol. The molecule has 0 aromatic rings. The largest absolute Gasteiger partial charge is 0.374 e. The molecule has 0 saturated heterocycles. The number of allylic oxidation sites excluding steroid dienone is 1. The summed E-state index contributed by atoms with van der Waals surface area (Å²) in [5, 5.41) is 3.12. The molecule has 0 aliphatic carbocycles. The van der Waals surface area contributed by atoms with Gasteiger partial charge in [-0.1, -0.05) is 12.2 Å². The third-order valence-corrected chi connectivity index (χ3v) is 1.75. The molecule has 1 atom stereocenters. The fraction of sp³-hybridized carbons (Fsp3) is 0.800.